The Kier molecular flexibility index (Phi) is 3.35. The summed E-state index contributed by atoms with van der Waals surface area (Å²) in [5, 5.41) is 22.4. The van der Waals surface area contributed by atoms with Gasteiger partial charge in [-0.1, -0.05) is 18.9 Å². The van der Waals surface area contributed by atoms with Crippen molar-refractivity contribution in [2.75, 3.05) is 11.9 Å². The number of rotatable bonds is 3. The van der Waals surface area contributed by atoms with Gasteiger partial charge in [-0.25, -0.2) is 0 Å². The van der Waals surface area contributed by atoms with E-state index in [1.165, 1.54) is 0 Å². The molecule has 1 aliphatic carbocycles. The largest absolute Gasteiger partial charge is 0.388 e. The molecule has 0 radical (unpaired) electrons. The molecule has 1 saturated carbocycles. The third-order valence-corrected chi connectivity index (χ3v) is 3.51. The van der Waals surface area contributed by atoms with Crippen LogP contribution in [0.1, 0.15) is 36.8 Å². The van der Waals surface area contributed by atoms with Gasteiger partial charge in [0.1, 0.15) is 0 Å². The van der Waals surface area contributed by atoms with Gasteiger partial charge < -0.3 is 10.4 Å². The first-order chi connectivity index (χ1) is 8.13. The maximum Gasteiger partial charge on any atom is 0.0992 e. The van der Waals surface area contributed by atoms with Crippen LogP contribution in [0.3, 0.4) is 0 Å². The molecular weight excluding hydrogens is 212 g/mol. The van der Waals surface area contributed by atoms with Crippen molar-refractivity contribution in [1.82, 2.24) is 0 Å². The van der Waals surface area contributed by atoms with Gasteiger partial charge in [0.15, 0.2) is 0 Å². The van der Waals surface area contributed by atoms with Crippen molar-refractivity contribution in [2.24, 2.45) is 0 Å². The van der Waals surface area contributed by atoms with Crippen molar-refractivity contribution in [3.8, 4) is 6.07 Å². The molecule has 0 bridgehead atoms. The van der Waals surface area contributed by atoms with Crippen LogP contribution >= 0.6 is 0 Å². The quantitative estimate of drug-likeness (QED) is 0.839. The molecule has 0 amide bonds. The van der Waals surface area contributed by atoms with Crippen molar-refractivity contribution in [3.63, 3.8) is 0 Å². The average molecular weight is 230 g/mol. The lowest BCUT2D eigenvalue weighted by atomic mass is 10.0. The molecule has 0 spiro atoms. The lowest BCUT2D eigenvalue weighted by Crippen LogP contribution is -2.33. The summed E-state index contributed by atoms with van der Waals surface area (Å²) < 4.78 is 0. The second-order valence-corrected chi connectivity index (χ2v) is 4.93. The van der Waals surface area contributed by atoms with E-state index in [-0.39, 0.29) is 0 Å². The molecule has 1 aliphatic rings. The summed E-state index contributed by atoms with van der Waals surface area (Å²) in [6, 6.07) is 7.71. The SMILES string of the molecule is Cc1ccc(C#N)cc1NCC1(O)CCCC1. The van der Waals surface area contributed by atoms with Gasteiger partial charge >= 0.3 is 0 Å². The molecule has 3 nitrogen and oxygen atoms in total. The highest BCUT2D eigenvalue weighted by molar-refractivity contribution is 5.55. The van der Waals surface area contributed by atoms with Crippen molar-refractivity contribution >= 4 is 5.69 Å². The number of hydrogen-bond donors (Lipinski definition) is 2. The third kappa shape index (κ3) is 2.78. The summed E-state index contributed by atoms with van der Waals surface area (Å²) in [6.45, 7) is 2.57. The Morgan fingerprint density at radius 3 is 2.76 bits per heavy atom. The van der Waals surface area contributed by atoms with E-state index in [9.17, 15) is 5.11 Å². The second-order valence-electron chi connectivity index (χ2n) is 4.93. The monoisotopic (exact) mass is 230 g/mol. The third-order valence-electron chi connectivity index (χ3n) is 3.51. The highest BCUT2D eigenvalue weighted by atomic mass is 16.3. The standard InChI is InChI=1S/C14H18N2O/c1-11-4-5-12(9-15)8-13(11)16-10-14(17)6-2-3-7-14/h4-5,8,16-17H,2-3,6-7,10H2,1H3. The van der Waals surface area contributed by atoms with E-state index in [4.69, 9.17) is 5.26 Å². The van der Waals surface area contributed by atoms with Gasteiger partial charge in [-0.15, -0.1) is 0 Å². The number of nitrogens with zero attached hydrogens (tertiary/aromatic N) is 1. The van der Waals surface area contributed by atoms with Crippen LogP contribution in [0, 0.1) is 18.3 Å². The summed E-state index contributed by atoms with van der Waals surface area (Å²) in [6.07, 6.45) is 3.96. The molecule has 3 heteroatoms. The summed E-state index contributed by atoms with van der Waals surface area (Å²) in [5.41, 5.74) is 2.14. The van der Waals surface area contributed by atoms with E-state index in [1.807, 2.05) is 25.1 Å². The smallest absolute Gasteiger partial charge is 0.0992 e. The highest BCUT2D eigenvalue weighted by Crippen LogP contribution is 2.30. The van der Waals surface area contributed by atoms with Crippen LogP contribution in [0.2, 0.25) is 0 Å². The van der Waals surface area contributed by atoms with E-state index < -0.39 is 5.60 Å². The molecule has 2 rings (SSSR count). The van der Waals surface area contributed by atoms with Crippen LogP contribution in [-0.2, 0) is 0 Å². The lowest BCUT2D eigenvalue weighted by molar-refractivity contribution is 0.0614. The molecule has 1 aromatic rings. The number of nitriles is 1. The molecular formula is C14H18N2O. The Bertz CT molecular complexity index is 442. The van der Waals surface area contributed by atoms with Gasteiger partial charge in [0.05, 0.1) is 17.2 Å². The first-order valence-corrected chi connectivity index (χ1v) is 6.10. The molecule has 17 heavy (non-hydrogen) atoms. The van der Waals surface area contributed by atoms with Crippen LogP contribution in [-0.4, -0.2) is 17.3 Å². The minimum absolute atomic E-state index is 0.560. The van der Waals surface area contributed by atoms with Crippen molar-refractivity contribution in [3.05, 3.63) is 29.3 Å². The van der Waals surface area contributed by atoms with E-state index >= 15 is 0 Å². The fourth-order valence-electron chi connectivity index (χ4n) is 2.35. The molecule has 0 aliphatic heterocycles. The fraction of sp³-hybridized carbons (Fsp3) is 0.500. The Morgan fingerprint density at radius 1 is 1.41 bits per heavy atom. The number of aryl methyl sites for hydroxylation is 1. The van der Waals surface area contributed by atoms with Crippen molar-refractivity contribution in [2.45, 2.75) is 38.2 Å². The minimum Gasteiger partial charge on any atom is -0.388 e. The molecule has 0 atom stereocenters. The van der Waals surface area contributed by atoms with Gasteiger partial charge in [-0.05, 0) is 37.5 Å². The van der Waals surface area contributed by atoms with Crippen LogP contribution in [0.5, 0.6) is 0 Å². The predicted octanol–water partition coefficient (Wildman–Crippen LogP) is 2.58. The van der Waals surface area contributed by atoms with E-state index in [0.29, 0.717) is 12.1 Å². The Labute approximate surface area is 102 Å². The topological polar surface area (TPSA) is 56.0 Å². The zero-order valence-electron chi connectivity index (χ0n) is 10.2. The number of anilines is 1. The van der Waals surface area contributed by atoms with Crippen LogP contribution in [0.25, 0.3) is 0 Å². The number of benzene rings is 1. The van der Waals surface area contributed by atoms with Crippen molar-refractivity contribution < 1.29 is 5.11 Å². The van der Waals surface area contributed by atoms with Gasteiger partial charge in [-0.2, -0.15) is 5.26 Å². The van der Waals surface area contributed by atoms with E-state index in [0.717, 1.165) is 36.9 Å². The summed E-state index contributed by atoms with van der Waals surface area (Å²) in [4.78, 5) is 0. The van der Waals surface area contributed by atoms with E-state index in [1.54, 1.807) is 0 Å². The lowest BCUT2D eigenvalue weighted by Gasteiger charge is -2.23. The zero-order chi connectivity index (χ0) is 12.3. The van der Waals surface area contributed by atoms with Crippen LogP contribution < -0.4 is 5.32 Å². The Hall–Kier alpha value is -1.53. The highest BCUT2D eigenvalue weighted by Gasteiger charge is 2.30. The molecule has 0 heterocycles. The van der Waals surface area contributed by atoms with E-state index in [2.05, 4.69) is 11.4 Å². The summed E-state index contributed by atoms with van der Waals surface area (Å²) in [5.74, 6) is 0. The van der Waals surface area contributed by atoms with Crippen molar-refractivity contribution in [1.29, 1.82) is 5.26 Å². The zero-order valence-corrected chi connectivity index (χ0v) is 10.2. The number of nitrogens with one attached hydrogen (secondary N) is 1. The predicted molar refractivity (Wildman–Crippen MR) is 67.8 cm³/mol. The van der Waals surface area contributed by atoms with Crippen LogP contribution in [0.15, 0.2) is 18.2 Å². The van der Waals surface area contributed by atoms with Gasteiger partial charge in [0.2, 0.25) is 0 Å². The number of hydrogen-bond acceptors (Lipinski definition) is 3. The normalized spacial score (nSPS) is 17.7. The minimum atomic E-state index is -0.560. The summed E-state index contributed by atoms with van der Waals surface area (Å²) in [7, 11) is 0. The van der Waals surface area contributed by atoms with Crippen LogP contribution in [0.4, 0.5) is 5.69 Å². The molecule has 1 aromatic carbocycles. The summed E-state index contributed by atoms with van der Waals surface area (Å²) >= 11 is 0. The average Bonchev–Trinajstić information content (AvgIpc) is 2.76. The first kappa shape index (κ1) is 11.9. The van der Waals surface area contributed by atoms with Gasteiger partial charge in [-0.3, -0.25) is 0 Å². The number of aliphatic hydroxyl groups is 1. The van der Waals surface area contributed by atoms with Gasteiger partial charge in [0, 0.05) is 12.2 Å². The molecule has 0 saturated heterocycles. The molecule has 1 fully saturated rings. The molecule has 0 unspecified atom stereocenters. The maximum absolute atomic E-state index is 10.2. The first-order valence-electron chi connectivity index (χ1n) is 6.10. The van der Waals surface area contributed by atoms with Gasteiger partial charge in [0.25, 0.3) is 0 Å². The molecule has 90 valence electrons. The Balaban J connectivity index is 2.06. The Morgan fingerprint density at radius 2 is 2.12 bits per heavy atom. The molecule has 0 aromatic heterocycles. The second kappa shape index (κ2) is 4.77. The fourth-order valence-corrected chi connectivity index (χ4v) is 2.35. The maximum atomic E-state index is 10.2. The molecule has 2 N–H and O–H groups in total.